The van der Waals surface area contributed by atoms with Crippen molar-refractivity contribution in [1.29, 1.82) is 0 Å². The zero-order valence-corrected chi connectivity index (χ0v) is 15.1. The zero-order valence-electron chi connectivity index (χ0n) is 15.1. The quantitative estimate of drug-likeness (QED) is 0.360. The first-order chi connectivity index (χ1) is 12.3. The molecule has 1 fully saturated rings. The van der Waals surface area contributed by atoms with Gasteiger partial charge in [0.1, 0.15) is 0 Å². The van der Waals surface area contributed by atoms with E-state index in [1.165, 1.54) is 38.4 Å². The number of nitrogens with one attached hydrogen (secondary N) is 3. The van der Waals surface area contributed by atoms with Crippen molar-refractivity contribution in [2.24, 2.45) is 4.99 Å². The number of aliphatic imine (C=N–C) groups is 1. The van der Waals surface area contributed by atoms with E-state index >= 15 is 0 Å². The minimum absolute atomic E-state index is 0.213. The fourth-order valence-corrected chi connectivity index (χ4v) is 2.83. The van der Waals surface area contributed by atoms with Crippen LogP contribution in [0.3, 0.4) is 0 Å². The maximum atomic E-state index is 11.7. The van der Waals surface area contributed by atoms with Crippen LogP contribution in [0.2, 0.25) is 0 Å². The molecular formula is C18H30N4O3. The molecule has 0 saturated heterocycles. The lowest BCUT2D eigenvalue weighted by Gasteiger charge is -2.22. The van der Waals surface area contributed by atoms with Crippen molar-refractivity contribution in [3.8, 4) is 0 Å². The third-order valence-corrected chi connectivity index (χ3v) is 4.19. The second kappa shape index (κ2) is 11.5. The van der Waals surface area contributed by atoms with E-state index in [4.69, 9.17) is 9.15 Å². The molecule has 1 heterocycles. The number of furan rings is 1. The second-order valence-corrected chi connectivity index (χ2v) is 6.14. The summed E-state index contributed by atoms with van der Waals surface area (Å²) < 4.78 is 10.9. The van der Waals surface area contributed by atoms with Crippen LogP contribution in [0.25, 0.3) is 0 Å². The molecule has 140 valence electrons. The van der Waals surface area contributed by atoms with E-state index in [2.05, 4.69) is 20.9 Å². The molecule has 0 bridgehead atoms. The average molecular weight is 350 g/mol. The summed E-state index contributed by atoms with van der Waals surface area (Å²) in [6.07, 6.45) is 9.27. The number of guanidine groups is 1. The van der Waals surface area contributed by atoms with Crippen LogP contribution in [0.4, 0.5) is 0 Å². The lowest BCUT2D eigenvalue weighted by molar-refractivity contribution is 0.0277. The molecule has 0 aromatic carbocycles. The fourth-order valence-electron chi connectivity index (χ4n) is 2.83. The van der Waals surface area contributed by atoms with Crippen molar-refractivity contribution in [3.63, 3.8) is 0 Å². The molecule has 25 heavy (non-hydrogen) atoms. The first-order valence-corrected chi connectivity index (χ1v) is 9.17. The molecule has 0 atom stereocenters. The van der Waals surface area contributed by atoms with Crippen LogP contribution < -0.4 is 16.0 Å². The van der Waals surface area contributed by atoms with Gasteiger partial charge in [0.25, 0.3) is 5.91 Å². The Bertz CT molecular complexity index is 510. The number of amides is 1. The fraction of sp³-hybridized carbons (Fsp3) is 0.667. The maximum Gasteiger partial charge on any atom is 0.287 e. The van der Waals surface area contributed by atoms with Crippen molar-refractivity contribution in [1.82, 2.24) is 16.0 Å². The number of hydrogen-bond donors (Lipinski definition) is 3. The highest BCUT2D eigenvalue weighted by Gasteiger charge is 2.13. The molecule has 1 aromatic rings. The number of hydrogen-bond acceptors (Lipinski definition) is 4. The molecule has 1 aliphatic rings. The van der Waals surface area contributed by atoms with Crippen LogP contribution in [-0.4, -0.2) is 51.3 Å². The molecule has 7 heteroatoms. The third kappa shape index (κ3) is 7.60. The third-order valence-electron chi connectivity index (χ3n) is 4.19. The predicted octanol–water partition coefficient (Wildman–Crippen LogP) is 1.91. The number of carbonyl (C=O) groups excluding carboxylic acids is 1. The summed E-state index contributed by atoms with van der Waals surface area (Å²) in [5, 5.41) is 9.19. The zero-order chi connectivity index (χ0) is 17.7. The Hall–Kier alpha value is -2.02. The number of ether oxygens (including phenoxy) is 1. The monoisotopic (exact) mass is 350 g/mol. The molecule has 7 nitrogen and oxygen atoms in total. The summed E-state index contributed by atoms with van der Waals surface area (Å²) in [5.41, 5.74) is 0. The van der Waals surface area contributed by atoms with E-state index < -0.39 is 0 Å². The maximum absolute atomic E-state index is 11.7. The Morgan fingerprint density at radius 2 is 1.96 bits per heavy atom. The number of nitrogens with zero attached hydrogens (tertiary/aromatic N) is 1. The smallest absolute Gasteiger partial charge is 0.287 e. The minimum atomic E-state index is -0.213. The van der Waals surface area contributed by atoms with E-state index in [1.807, 2.05) is 0 Å². The van der Waals surface area contributed by atoms with Gasteiger partial charge in [-0.25, -0.2) is 0 Å². The topological polar surface area (TPSA) is 87.9 Å². The van der Waals surface area contributed by atoms with Crippen molar-refractivity contribution in [2.45, 2.75) is 44.6 Å². The number of rotatable bonds is 9. The highest BCUT2D eigenvalue weighted by Crippen LogP contribution is 2.20. The molecule has 0 aliphatic heterocycles. The highest BCUT2D eigenvalue weighted by molar-refractivity contribution is 5.91. The summed E-state index contributed by atoms with van der Waals surface area (Å²) in [7, 11) is 1.73. The van der Waals surface area contributed by atoms with Crippen LogP contribution >= 0.6 is 0 Å². The van der Waals surface area contributed by atoms with Gasteiger partial charge in [-0.1, -0.05) is 19.3 Å². The van der Waals surface area contributed by atoms with E-state index in [0.717, 1.165) is 25.5 Å². The lowest BCUT2D eigenvalue weighted by Crippen LogP contribution is -2.42. The Labute approximate surface area is 149 Å². The van der Waals surface area contributed by atoms with E-state index in [0.29, 0.717) is 25.0 Å². The van der Waals surface area contributed by atoms with Gasteiger partial charge in [0.15, 0.2) is 11.7 Å². The summed E-state index contributed by atoms with van der Waals surface area (Å²) in [4.78, 5) is 15.9. The Morgan fingerprint density at radius 1 is 1.20 bits per heavy atom. The SMILES string of the molecule is CN=C(NCCCOC1CCCCC1)NCCNC(=O)c1ccco1. The first kappa shape index (κ1) is 19.3. The predicted molar refractivity (Wildman–Crippen MR) is 97.8 cm³/mol. The summed E-state index contributed by atoms with van der Waals surface area (Å²) in [5.74, 6) is 0.833. The van der Waals surface area contributed by atoms with E-state index in [-0.39, 0.29) is 5.91 Å². The molecule has 1 aliphatic carbocycles. The summed E-state index contributed by atoms with van der Waals surface area (Å²) >= 11 is 0. The minimum Gasteiger partial charge on any atom is -0.459 e. The van der Waals surface area contributed by atoms with Crippen LogP contribution in [0, 0.1) is 0 Å². The van der Waals surface area contributed by atoms with Gasteiger partial charge in [0.2, 0.25) is 0 Å². The van der Waals surface area contributed by atoms with E-state index in [9.17, 15) is 4.79 Å². The lowest BCUT2D eigenvalue weighted by atomic mass is 9.98. The number of carbonyl (C=O) groups is 1. The van der Waals surface area contributed by atoms with E-state index in [1.54, 1.807) is 19.2 Å². The van der Waals surface area contributed by atoms with Crippen molar-refractivity contribution in [3.05, 3.63) is 24.2 Å². The summed E-state index contributed by atoms with van der Waals surface area (Å²) in [6.45, 7) is 2.68. The highest BCUT2D eigenvalue weighted by atomic mass is 16.5. The second-order valence-electron chi connectivity index (χ2n) is 6.14. The average Bonchev–Trinajstić information content (AvgIpc) is 3.18. The van der Waals surface area contributed by atoms with Crippen molar-refractivity contribution in [2.75, 3.05) is 33.3 Å². The van der Waals surface area contributed by atoms with Crippen LogP contribution in [0.15, 0.2) is 27.8 Å². The normalized spacial score (nSPS) is 15.8. The molecule has 1 saturated carbocycles. The van der Waals surface area contributed by atoms with Crippen molar-refractivity contribution >= 4 is 11.9 Å². The standard InChI is InChI=1S/C18H30N4O3/c1-19-18(21-10-6-14-24-15-7-3-2-4-8-15)22-12-11-20-17(23)16-9-5-13-25-16/h5,9,13,15H,2-4,6-8,10-12,14H2,1H3,(H,20,23)(H2,19,21,22). The van der Waals surface area contributed by atoms with Gasteiger partial charge >= 0.3 is 0 Å². The molecule has 0 radical (unpaired) electrons. The molecule has 2 rings (SSSR count). The van der Waals surface area contributed by atoms with Gasteiger partial charge in [0, 0.05) is 33.3 Å². The molecule has 0 spiro atoms. The Morgan fingerprint density at radius 3 is 2.68 bits per heavy atom. The van der Waals surface area contributed by atoms with Crippen LogP contribution in [-0.2, 0) is 4.74 Å². The molecule has 1 amide bonds. The van der Waals surface area contributed by atoms with Gasteiger partial charge in [-0.05, 0) is 31.4 Å². The molecular weight excluding hydrogens is 320 g/mol. The van der Waals surface area contributed by atoms with Crippen molar-refractivity contribution < 1.29 is 13.9 Å². The van der Waals surface area contributed by atoms with Gasteiger partial charge < -0.3 is 25.1 Å². The molecule has 0 unspecified atom stereocenters. The molecule has 1 aromatic heterocycles. The van der Waals surface area contributed by atoms with Gasteiger partial charge in [0.05, 0.1) is 12.4 Å². The van der Waals surface area contributed by atoms with Crippen LogP contribution in [0.5, 0.6) is 0 Å². The molecule has 3 N–H and O–H groups in total. The van der Waals surface area contributed by atoms with Gasteiger partial charge in [-0.2, -0.15) is 0 Å². The van der Waals surface area contributed by atoms with Gasteiger partial charge in [-0.15, -0.1) is 0 Å². The first-order valence-electron chi connectivity index (χ1n) is 9.17. The largest absolute Gasteiger partial charge is 0.459 e. The van der Waals surface area contributed by atoms with Gasteiger partial charge in [-0.3, -0.25) is 9.79 Å². The Kier molecular flexibility index (Phi) is 8.90. The van der Waals surface area contributed by atoms with Crippen LogP contribution in [0.1, 0.15) is 49.1 Å². The summed E-state index contributed by atoms with van der Waals surface area (Å²) in [6, 6.07) is 3.33. The Balaban J connectivity index is 1.48.